The quantitative estimate of drug-likeness (QED) is 0.460. The van der Waals surface area contributed by atoms with Crippen molar-refractivity contribution in [3.05, 3.63) is 41.5 Å². The second-order valence-electron chi connectivity index (χ2n) is 7.64. The second kappa shape index (κ2) is 7.31. The van der Waals surface area contributed by atoms with Crippen LogP contribution in [0, 0.1) is 0 Å². The highest BCUT2D eigenvalue weighted by molar-refractivity contribution is 6.59. The van der Waals surface area contributed by atoms with Crippen molar-refractivity contribution < 1.29 is 34.1 Å². The zero-order valence-corrected chi connectivity index (χ0v) is 16.3. The SMILES string of the molecule is Cn1cncc1C(N)C(=O)N1CC(Oc2ccc3c(c2C(=O)O)O[B-](O)(O)CC3)C1. The molecular weight excluding hydrogens is 395 g/mol. The molecule has 0 spiro atoms. The summed E-state index contributed by atoms with van der Waals surface area (Å²) in [6.07, 6.45) is 2.94. The minimum Gasteiger partial charge on any atom is -0.669 e. The first kappa shape index (κ1) is 20.2. The number of aryl methyl sites for hydroxylation is 2. The molecule has 30 heavy (non-hydrogen) atoms. The summed E-state index contributed by atoms with van der Waals surface area (Å²) < 4.78 is 12.6. The summed E-state index contributed by atoms with van der Waals surface area (Å²) >= 11 is 0. The van der Waals surface area contributed by atoms with Crippen LogP contribution in [0.15, 0.2) is 24.7 Å². The Labute approximate surface area is 171 Å². The molecule has 5 N–H and O–H groups in total. The highest BCUT2D eigenvalue weighted by Gasteiger charge is 2.38. The van der Waals surface area contributed by atoms with Crippen LogP contribution in [-0.4, -0.2) is 67.4 Å². The number of likely N-dealkylation sites (tertiary alicyclic amines) is 1. The smallest absolute Gasteiger partial charge is 0.430 e. The number of aromatic carboxylic acids is 1. The Balaban J connectivity index is 1.46. The molecule has 160 valence electrons. The fourth-order valence-corrected chi connectivity index (χ4v) is 3.69. The Morgan fingerprint density at radius 3 is 2.73 bits per heavy atom. The number of hydrogen-bond donors (Lipinski definition) is 4. The van der Waals surface area contributed by atoms with Crippen molar-refractivity contribution in [3.63, 3.8) is 0 Å². The van der Waals surface area contributed by atoms with Crippen LogP contribution in [0.5, 0.6) is 11.5 Å². The number of imidazole rings is 1. The maximum Gasteiger partial charge on any atom is 0.430 e. The van der Waals surface area contributed by atoms with Gasteiger partial charge in [0.15, 0.2) is 0 Å². The highest BCUT2D eigenvalue weighted by Crippen LogP contribution is 2.39. The molecule has 3 heterocycles. The Hall–Kier alpha value is -3.09. The molecule has 1 atom stereocenters. The van der Waals surface area contributed by atoms with Gasteiger partial charge in [-0.1, -0.05) is 12.4 Å². The number of rotatable bonds is 5. The summed E-state index contributed by atoms with van der Waals surface area (Å²) in [6, 6.07) is 2.31. The van der Waals surface area contributed by atoms with Gasteiger partial charge in [0.05, 0.1) is 37.1 Å². The van der Waals surface area contributed by atoms with Crippen molar-refractivity contribution in [2.45, 2.75) is 24.9 Å². The van der Waals surface area contributed by atoms with Gasteiger partial charge in [-0.15, -0.1) is 0 Å². The van der Waals surface area contributed by atoms with Gasteiger partial charge in [0.2, 0.25) is 5.91 Å². The van der Waals surface area contributed by atoms with Crippen LogP contribution in [0.2, 0.25) is 6.32 Å². The minimum absolute atomic E-state index is 0.0110. The number of nitrogens with two attached hydrogens (primary N) is 1. The molecule has 1 unspecified atom stereocenters. The number of benzene rings is 1. The average molecular weight is 417 g/mol. The van der Waals surface area contributed by atoms with E-state index in [0.717, 1.165) is 0 Å². The number of carbonyl (C=O) groups is 2. The van der Waals surface area contributed by atoms with Gasteiger partial charge in [-0.05, 0) is 18.1 Å². The minimum atomic E-state index is -3.11. The van der Waals surface area contributed by atoms with E-state index in [1.165, 1.54) is 17.2 Å². The summed E-state index contributed by atoms with van der Waals surface area (Å²) in [5.41, 5.74) is 6.91. The summed E-state index contributed by atoms with van der Waals surface area (Å²) in [7, 11) is 1.75. The predicted octanol–water partition coefficient (Wildman–Crippen LogP) is -0.734. The molecule has 1 aromatic carbocycles. The topological polar surface area (TPSA) is 160 Å². The first-order valence-corrected chi connectivity index (χ1v) is 9.52. The van der Waals surface area contributed by atoms with Crippen LogP contribution in [0.4, 0.5) is 0 Å². The maximum atomic E-state index is 12.5. The molecule has 11 nitrogen and oxygen atoms in total. The number of fused-ring (bicyclic) bond motifs is 1. The van der Waals surface area contributed by atoms with Crippen LogP contribution in [-0.2, 0) is 18.3 Å². The highest BCUT2D eigenvalue weighted by atomic mass is 16.6. The first-order valence-electron chi connectivity index (χ1n) is 9.52. The lowest BCUT2D eigenvalue weighted by Crippen LogP contribution is -2.58. The zero-order valence-electron chi connectivity index (χ0n) is 16.3. The fourth-order valence-electron chi connectivity index (χ4n) is 3.69. The number of hydrogen-bond acceptors (Lipinski definition) is 8. The van der Waals surface area contributed by atoms with E-state index in [1.54, 1.807) is 24.0 Å². The third-order valence-electron chi connectivity index (χ3n) is 5.40. The van der Waals surface area contributed by atoms with E-state index >= 15 is 0 Å². The van der Waals surface area contributed by atoms with Gasteiger partial charge in [0.25, 0.3) is 0 Å². The molecular formula is C18H22BN4O7-. The lowest BCUT2D eigenvalue weighted by Gasteiger charge is -2.41. The van der Waals surface area contributed by atoms with Crippen LogP contribution < -0.4 is 15.1 Å². The standard InChI is InChI=1S/C18H22BN4O7/c1-22-9-21-6-12(22)15(20)17(24)23-7-11(8-23)29-13-3-2-10-4-5-19(27,28)30-16(10)14(13)18(25)26/h2-3,6,9,11,15,27-28H,4-5,7-8,20H2,1H3,(H,25,26)/q-1. The fraction of sp³-hybridized carbons (Fsp3) is 0.389. The van der Waals surface area contributed by atoms with Crippen molar-refractivity contribution in [3.8, 4) is 11.5 Å². The number of carbonyl (C=O) groups excluding carboxylic acids is 1. The molecule has 12 heteroatoms. The van der Waals surface area contributed by atoms with Crippen LogP contribution in [0.25, 0.3) is 0 Å². The summed E-state index contributed by atoms with van der Waals surface area (Å²) in [5, 5.41) is 29.2. The molecule has 1 fully saturated rings. The van der Waals surface area contributed by atoms with Gasteiger partial charge in [-0.3, -0.25) is 4.79 Å². The lowest BCUT2D eigenvalue weighted by molar-refractivity contribution is -0.141. The van der Waals surface area contributed by atoms with Gasteiger partial charge in [-0.2, -0.15) is 0 Å². The summed E-state index contributed by atoms with van der Waals surface area (Å²) in [5.74, 6) is -1.64. The largest absolute Gasteiger partial charge is 0.669 e. The third-order valence-corrected chi connectivity index (χ3v) is 5.40. The van der Waals surface area contributed by atoms with E-state index in [4.69, 9.17) is 15.1 Å². The molecule has 2 aromatic rings. The molecule has 0 saturated carbocycles. The number of carboxylic acids is 1. The second-order valence-corrected chi connectivity index (χ2v) is 7.64. The maximum absolute atomic E-state index is 12.5. The molecule has 0 radical (unpaired) electrons. The van der Waals surface area contributed by atoms with E-state index in [-0.39, 0.29) is 48.8 Å². The number of nitrogens with zero attached hydrogens (tertiary/aromatic N) is 3. The van der Waals surface area contributed by atoms with Crippen molar-refractivity contribution >= 4 is 18.6 Å². The van der Waals surface area contributed by atoms with E-state index in [0.29, 0.717) is 11.3 Å². The Morgan fingerprint density at radius 1 is 1.37 bits per heavy atom. The number of amides is 1. The van der Waals surface area contributed by atoms with Crippen molar-refractivity contribution in [2.75, 3.05) is 13.1 Å². The van der Waals surface area contributed by atoms with Crippen molar-refractivity contribution in [1.82, 2.24) is 14.5 Å². The molecule has 2 aliphatic rings. The van der Waals surface area contributed by atoms with Crippen LogP contribution >= 0.6 is 0 Å². The van der Waals surface area contributed by atoms with Crippen LogP contribution in [0.1, 0.15) is 27.7 Å². The summed E-state index contributed by atoms with van der Waals surface area (Å²) in [6.45, 7) is -2.62. The van der Waals surface area contributed by atoms with E-state index in [9.17, 15) is 24.7 Å². The molecule has 1 amide bonds. The van der Waals surface area contributed by atoms with Crippen LogP contribution in [0.3, 0.4) is 0 Å². The van der Waals surface area contributed by atoms with E-state index in [2.05, 4.69) is 4.98 Å². The zero-order chi connectivity index (χ0) is 21.6. The van der Waals surface area contributed by atoms with Crippen molar-refractivity contribution in [1.29, 1.82) is 0 Å². The summed E-state index contributed by atoms with van der Waals surface area (Å²) in [4.78, 5) is 29.8. The molecule has 0 bridgehead atoms. The lowest BCUT2D eigenvalue weighted by atomic mass is 9.70. The third kappa shape index (κ3) is 3.60. The number of aromatic nitrogens is 2. The van der Waals surface area contributed by atoms with Gasteiger partial charge in [-0.25, -0.2) is 9.78 Å². The average Bonchev–Trinajstić information content (AvgIpc) is 3.07. The van der Waals surface area contributed by atoms with E-state index in [1.807, 2.05) is 0 Å². The molecule has 0 aliphatic carbocycles. The van der Waals surface area contributed by atoms with Crippen molar-refractivity contribution in [2.24, 2.45) is 12.8 Å². The normalized spacial score (nSPS) is 18.7. The first-order chi connectivity index (χ1) is 14.2. The van der Waals surface area contributed by atoms with Gasteiger partial charge < -0.3 is 39.7 Å². The number of ether oxygens (including phenoxy) is 1. The number of carboxylic acid groups (broad SMARTS) is 1. The monoisotopic (exact) mass is 417 g/mol. The van der Waals surface area contributed by atoms with Gasteiger partial charge in [0.1, 0.15) is 23.5 Å². The Bertz CT molecular complexity index is 1000. The van der Waals surface area contributed by atoms with Gasteiger partial charge >= 0.3 is 12.7 Å². The molecule has 2 aliphatic heterocycles. The Morgan fingerprint density at radius 2 is 2.10 bits per heavy atom. The Kier molecular flexibility index (Phi) is 4.92. The van der Waals surface area contributed by atoms with E-state index < -0.39 is 24.9 Å². The molecule has 4 rings (SSSR count). The molecule has 1 saturated heterocycles. The predicted molar refractivity (Wildman–Crippen MR) is 104 cm³/mol. The molecule has 1 aromatic heterocycles. The van der Waals surface area contributed by atoms with Gasteiger partial charge in [0, 0.05) is 7.05 Å².